The zero-order chi connectivity index (χ0) is 14.0. The summed E-state index contributed by atoms with van der Waals surface area (Å²) in [4.78, 5) is 18.4. The molecule has 0 aliphatic rings. The van der Waals surface area contributed by atoms with Gasteiger partial charge < -0.3 is 10.0 Å². The van der Waals surface area contributed by atoms with Gasteiger partial charge in [-0.3, -0.25) is 4.79 Å². The maximum absolute atomic E-state index is 12.4. The van der Waals surface area contributed by atoms with Crippen molar-refractivity contribution in [1.29, 1.82) is 0 Å². The standard InChI is InChI=1S/C14H18N2O2S/c1-4-16(9-14(2,3)18)13(17)12-15-10-7-5-6-8-11(10)19-12/h5-8,18H,4,9H2,1-3H3. The van der Waals surface area contributed by atoms with Crippen LogP contribution in [0.3, 0.4) is 0 Å². The maximum atomic E-state index is 12.4. The smallest absolute Gasteiger partial charge is 0.282 e. The summed E-state index contributed by atoms with van der Waals surface area (Å²) in [7, 11) is 0. The number of para-hydroxylation sites is 1. The molecule has 1 aromatic carbocycles. The number of carbonyl (C=O) groups excluding carboxylic acids is 1. The second kappa shape index (κ2) is 5.27. The van der Waals surface area contributed by atoms with Crippen molar-refractivity contribution in [2.45, 2.75) is 26.4 Å². The van der Waals surface area contributed by atoms with E-state index in [1.54, 1.807) is 18.7 Å². The van der Waals surface area contributed by atoms with E-state index in [0.717, 1.165) is 10.2 Å². The van der Waals surface area contributed by atoms with Gasteiger partial charge in [0, 0.05) is 13.1 Å². The van der Waals surface area contributed by atoms with Gasteiger partial charge in [-0.25, -0.2) is 4.98 Å². The Bertz CT molecular complexity index is 553. The first-order valence-electron chi connectivity index (χ1n) is 6.28. The van der Waals surface area contributed by atoms with Crippen molar-refractivity contribution >= 4 is 27.5 Å². The fourth-order valence-corrected chi connectivity index (χ4v) is 2.83. The number of nitrogens with zero attached hydrogens (tertiary/aromatic N) is 2. The number of hydrogen-bond acceptors (Lipinski definition) is 4. The largest absolute Gasteiger partial charge is 0.389 e. The molecule has 0 radical (unpaired) electrons. The van der Waals surface area contributed by atoms with Gasteiger partial charge in [-0.05, 0) is 32.9 Å². The van der Waals surface area contributed by atoms with Crippen LogP contribution in [-0.2, 0) is 0 Å². The third-order valence-electron chi connectivity index (χ3n) is 2.72. The molecule has 2 rings (SSSR count). The average Bonchev–Trinajstić information content (AvgIpc) is 2.77. The van der Waals surface area contributed by atoms with E-state index in [1.807, 2.05) is 31.2 Å². The van der Waals surface area contributed by atoms with Crippen LogP contribution in [0, 0.1) is 0 Å². The number of likely N-dealkylation sites (N-methyl/N-ethyl adjacent to an activating group) is 1. The van der Waals surface area contributed by atoms with Crippen LogP contribution in [0.4, 0.5) is 0 Å². The molecule has 0 saturated carbocycles. The summed E-state index contributed by atoms with van der Waals surface area (Å²) < 4.78 is 1.00. The zero-order valence-corrected chi connectivity index (χ0v) is 12.2. The lowest BCUT2D eigenvalue weighted by Crippen LogP contribution is -2.42. The summed E-state index contributed by atoms with van der Waals surface area (Å²) in [5, 5.41) is 10.3. The van der Waals surface area contributed by atoms with Crippen LogP contribution in [0.25, 0.3) is 10.2 Å². The first-order chi connectivity index (χ1) is 8.90. The Hall–Kier alpha value is -1.46. The minimum Gasteiger partial charge on any atom is -0.389 e. The molecule has 19 heavy (non-hydrogen) atoms. The van der Waals surface area contributed by atoms with Gasteiger partial charge in [0.25, 0.3) is 5.91 Å². The van der Waals surface area contributed by atoms with Gasteiger partial charge in [-0.15, -0.1) is 11.3 Å². The molecule has 0 fully saturated rings. The van der Waals surface area contributed by atoms with E-state index in [4.69, 9.17) is 0 Å². The maximum Gasteiger partial charge on any atom is 0.282 e. The van der Waals surface area contributed by atoms with E-state index in [9.17, 15) is 9.90 Å². The number of aliphatic hydroxyl groups is 1. The Labute approximate surface area is 116 Å². The molecule has 102 valence electrons. The molecule has 0 aliphatic carbocycles. The summed E-state index contributed by atoms with van der Waals surface area (Å²) in [6.07, 6.45) is 0. The Morgan fingerprint density at radius 2 is 2.11 bits per heavy atom. The molecule has 0 aliphatic heterocycles. The van der Waals surface area contributed by atoms with Crippen molar-refractivity contribution < 1.29 is 9.90 Å². The monoisotopic (exact) mass is 278 g/mol. The van der Waals surface area contributed by atoms with Crippen LogP contribution in [0.5, 0.6) is 0 Å². The normalized spacial score (nSPS) is 11.8. The van der Waals surface area contributed by atoms with Crippen molar-refractivity contribution in [2.75, 3.05) is 13.1 Å². The third kappa shape index (κ3) is 3.30. The Balaban J connectivity index is 2.26. The SMILES string of the molecule is CCN(CC(C)(C)O)C(=O)c1nc2ccccc2s1. The lowest BCUT2D eigenvalue weighted by Gasteiger charge is -2.27. The molecule has 2 aromatic rings. The van der Waals surface area contributed by atoms with Crippen molar-refractivity contribution in [2.24, 2.45) is 0 Å². The van der Waals surface area contributed by atoms with E-state index in [2.05, 4.69) is 4.98 Å². The first-order valence-corrected chi connectivity index (χ1v) is 7.09. The second-order valence-corrected chi connectivity index (χ2v) is 6.15. The van der Waals surface area contributed by atoms with Crippen LogP contribution < -0.4 is 0 Å². The van der Waals surface area contributed by atoms with Crippen molar-refractivity contribution in [1.82, 2.24) is 9.88 Å². The Kier molecular flexibility index (Phi) is 3.87. The number of benzene rings is 1. The van der Waals surface area contributed by atoms with E-state index >= 15 is 0 Å². The predicted octanol–water partition coefficient (Wildman–Crippen LogP) is 2.53. The Morgan fingerprint density at radius 1 is 1.42 bits per heavy atom. The lowest BCUT2D eigenvalue weighted by molar-refractivity contribution is 0.0314. The molecule has 0 saturated heterocycles. The third-order valence-corrected chi connectivity index (χ3v) is 3.75. The highest BCUT2D eigenvalue weighted by Gasteiger charge is 2.24. The molecule has 1 N–H and O–H groups in total. The van der Waals surface area contributed by atoms with Crippen molar-refractivity contribution in [3.63, 3.8) is 0 Å². The molecule has 1 amide bonds. The summed E-state index contributed by atoms with van der Waals surface area (Å²) in [5.74, 6) is -0.120. The molecule has 5 heteroatoms. The number of fused-ring (bicyclic) bond motifs is 1. The molecule has 0 bridgehead atoms. The van der Waals surface area contributed by atoms with Gasteiger partial charge >= 0.3 is 0 Å². The number of thiazole rings is 1. The first kappa shape index (κ1) is 14.0. The highest BCUT2D eigenvalue weighted by atomic mass is 32.1. The molecule has 0 atom stereocenters. The molecular formula is C14H18N2O2S. The molecule has 0 unspecified atom stereocenters. The zero-order valence-electron chi connectivity index (χ0n) is 11.4. The van der Waals surface area contributed by atoms with Crippen LogP contribution in [0.2, 0.25) is 0 Å². The quantitative estimate of drug-likeness (QED) is 0.935. The van der Waals surface area contributed by atoms with Crippen LogP contribution in [-0.4, -0.2) is 39.6 Å². The van der Waals surface area contributed by atoms with E-state index in [1.165, 1.54) is 11.3 Å². The number of amides is 1. The van der Waals surface area contributed by atoms with E-state index in [0.29, 0.717) is 18.1 Å². The van der Waals surface area contributed by atoms with Crippen LogP contribution >= 0.6 is 11.3 Å². The van der Waals surface area contributed by atoms with Crippen LogP contribution in [0.15, 0.2) is 24.3 Å². The minimum atomic E-state index is -0.900. The van der Waals surface area contributed by atoms with Crippen molar-refractivity contribution in [3.8, 4) is 0 Å². The van der Waals surface area contributed by atoms with E-state index < -0.39 is 5.60 Å². The molecule has 1 heterocycles. The van der Waals surface area contributed by atoms with Gasteiger partial charge in [0.1, 0.15) is 0 Å². The number of rotatable bonds is 4. The van der Waals surface area contributed by atoms with Crippen molar-refractivity contribution in [3.05, 3.63) is 29.3 Å². The van der Waals surface area contributed by atoms with Crippen LogP contribution in [0.1, 0.15) is 30.6 Å². The minimum absolute atomic E-state index is 0.120. The summed E-state index contributed by atoms with van der Waals surface area (Å²) >= 11 is 1.39. The van der Waals surface area contributed by atoms with E-state index in [-0.39, 0.29) is 5.91 Å². The molecule has 4 nitrogen and oxygen atoms in total. The van der Waals surface area contributed by atoms with Gasteiger partial charge in [0.15, 0.2) is 5.01 Å². The second-order valence-electron chi connectivity index (χ2n) is 5.12. The van der Waals surface area contributed by atoms with Gasteiger partial charge in [0.05, 0.1) is 15.8 Å². The Morgan fingerprint density at radius 3 is 2.68 bits per heavy atom. The molecule has 0 spiro atoms. The summed E-state index contributed by atoms with van der Waals surface area (Å²) in [5.41, 5.74) is -0.0577. The topological polar surface area (TPSA) is 53.4 Å². The van der Waals surface area contributed by atoms with Gasteiger partial charge in [-0.1, -0.05) is 12.1 Å². The molecular weight excluding hydrogens is 260 g/mol. The highest BCUT2D eigenvalue weighted by molar-refractivity contribution is 7.20. The number of aromatic nitrogens is 1. The fraction of sp³-hybridized carbons (Fsp3) is 0.429. The fourth-order valence-electron chi connectivity index (χ4n) is 1.89. The number of carbonyl (C=O) groups is 1. The molecule has 1 aromatic heterocycles. The van der Waals surface area contributed by atoms with Gasteiger partial charge in [0.2, 0.25) is 0 Å². The lowest BCUT2D eigenvalue weighted by atomic mass is 10.1. The summed E-state index contributed by atoms with van der Waals surface area (Å²) in [6.45, 7) is 6.15. The highest BCUT2D eigenvalue weighted by Crippen LogP contribution is 2.23. The van der Waals surface area contributed by atoms with Gasteiger partial charge in [-0.2, -0.15) is 0 Å². The number of hydrogen-bond donors (Lipinski definition) is 1. The summed E-state index contributed by atoms with van der Waals surface area (Å²) in [6, 6.07) is 7.69. The average molecular weight is 278 g/mol. The predicted molar refractivity (Wildman–Crippen MR) is 77.5 cm³/mol.